The molecule has 0 saturated carbocycles. The maximum Gasteiger partial charge on any atom is 0.306 e. The van der Waals surface area contributed by atoms with Crippen LogP contribution >= 0.6 is 0 Å². The molecule has 0 amide bonds. The van der Waals surface area contributed by atoms with Crippen molar-refractivity contribution >= 4 is 17.9 Å². The quantitative estimate of drug-likeness (QED) is 0.0261. The fourth-order valence-corrected chi connectivity index (χ4v) is 10.5. The topological polar surface area (TPSA) is 78.9 Å². The molecule has 0 bridgehead atoms. The average molecular weight is 1110 g/mol. The number of hydrogen-bond acceptors (Lipinski definition) is 6. The fraction of sp³-hybridized carbons (Fsp3) is 0.849. The van der Waals surface area contributed by atoms with Crippen molar-refractivity contribution in [3.63, 3.8) is 0 Å². The monoisotopic (exact) mass is 1110 g/mol. The highest BCUT2D eigenvalue weighted by Crippen LogP contribution is 2.18. The molecule has 0 aliphatic carbocycles. The highest BCUT2D eigenvalue weighted by atomic mass is 16.6. The van der Waals surface area contributed by atoms with Crippen molar-refractivity contribution in [2.24, 2.45) is 0 Å². The van der Waals surface area contributed by atoms with Gasteiger partial charge in [0.15, 0.2) is 6.10 Å². The molecule has 79 heavy (non-hydrogen) atoms. The van der Waals surface area contributed by atoms with Crippen LogP contribution < -0.4 is 0 Å². The Hall–Kier alpha value is -2.63. The summed E-state index contributed by atoms with van der Waals surface area (Å²) in [6.45, 7) is 6.67. The first-order chi connectivity index (χ1) is 39.0. The standard InChI is InChI=1S/C73H134O6/c1-4-7-10-13-16-19-22-25-28-31-34-36-39-41-44-47-50-53-56-59-62-65-71(74)77-68-70(79-73(76)67-64-61-58-55-52-49-46-43-38-33-30-27-24-21-18-15-12-9-6-3)69-78-72(75)66-63-60-57-54-51-48-45-42-40-37-35-32-29-26-23-20-17-14-11-8-5-2/h18,21,25-30,70H,4-17,19-20,22-24,31-69H2,1-3H3/b21-18-,28-25-,29-26-,30-27-. The van der Waals surface area contributed by atoms with Crippen molar-refractivity contribution in [2.75, 3.05) is 13.2 Å². The molecule has 0 radical (unpaired) electrons. The molecule has 0 aromatic heterocycles. The molecule has 0 fully saturated rings. The first-order valence-electron chi connectivity index (χ1n) is 35.1. The molecule has 0 rings (SSSR count). The van der Waals surface area contributed by atoms with Gasteiger partial charge in [-0.15, -0.1) is 0 Å². The summed E-state index contributed by atoms with van der Waals surface area (Å²) >= 11 is 0. The fourth-order valence-electron chi connectivity index (χ4n) is 10.5. The Morgan fingerprint density at radius 1 is 0.253 bits per heavy atom. The Morgan fingerprint density at radius 3 is 0.734 bits per heavy atom. The van der Waals surface area contributed by atoms with Gasteiger partial charge in [-0.3, -0.25) is 14.4 Å². The van der Waals surface area contributed by atoms with Crippen molar-refractivity contribution < 1.29 is 28.6 Å². The minimum Gasteiger partial charge on any atom is -0.462 e. The van der Waals surface area contributed by atoms with Gasteiger partial charge in [0.05, 0.1) is 0 Å². The van der Waals surface area contributed by atoms with E-state index in [1.807, 2.05) is 0 Å². The molecule has 0 aromatic rings. The lowest BCUT2D eigenvalue weighted by molar-refractivity contribution is -0.167. The molecular formula is C73H134O6. The summed E-state index contributed by atoms with van der Waals surface area (Å²) in [5.41, 5.74) is 0. The molecule has 0 aromatic carbocycles. The molecule has 0 atom stereocenters. The van der Waals surface area contributed by atoms with E-state index in [-0.39, 0.29) is 31.1 Å². The summed E-state index contributed by atoms with van der Waals surface area (Å²) in [6.07, 6.45) is 85.5. The van der Waals surface area contributed by atoms with E-state index in [9.17, 15) is 14.4 Å². The van der Waals surface area contributed by atoms with Crippen LogP contribution in [0.15, 0.2) is 48.6 Å². The average Bonchev–Trinajstić information content (AvgIpc) is 3.45. The molecule has 6 nitrogen and oxygen atoms in total. The van der Waals surface area contributed by atoms with E-state index in [2.05, 4.69) is 69.4 Å². The van der Waals surface area contributed by atoms with Gasteiger partial charge < -0.3 is 14.2 Å². The summed E-state index contributed by atoms with van der Waals surface area (Å²) < 4.78 is 17.0. The normalized spacial score (nSPS) is 11.9. The smallest absolute Gasteiger partial charge is 0.306 e. The largest absolute Gasteiger partial charge is 0.462 e. The summed E-state index contributed by atoms with van der Waals surface area (Å²) in [5.74, 6) is -0.852. The van der Waals surface area contributed by atoms with Gasteiger partial charge in [-0.25, -0.2) is 0 Å². The molecule has 0 saturated heterocycles. The van der Waals surface area contributed by atoms with Gasteiger partial charge in [-0.05, 0) is 103 Å². The lowest BCUT2D eigenvalue weighted by atomic mass is 10.0. The zero-order chi connectivity index (χ0) is 57.1. The molecule has 0 spiro atoms. The molecule has 6 heteroatoms. The van der Waals surface area contributed by atoms with Crippen LogP contribution in [0.2, 0.25) is 0 Å². The number of allylic oxidation sites excluding steroid dienone is 8. The minimum atomic E-state index is -0.777. The summed E-state index contributed by atoms with van der Waals surface area (Å²) in [4.78, 5) is 38.5. The molecule has 0 aliphatic rings. The Balaban J connectivity index is 4.33. The maximum atomic E-state index is 13.0. The van der Waals surface area contributed by atoms with Crippen LogP contribution in [0, 0.1) is 0 Å². The van der Waals surface area contributed by atoms with Gasteiger partial charge in [-0.2, -0.15) is 0 Å². The number of hydrogen-bond donors (Lipinski definition) is 0. The third-order valence-electron chi connectivity index (χ3n) is 15.8. The van der Waals surface area contributed by atoms with E-state index in [1.165, 1.54) is 276 Å². The van der Waals surface area contributed by atoms with Crippen molar-refractivity contribution in [1.29, 1.82) is 0 Å². The van der Waals surface area contributed by atoms with Crippen LogP contribution in [0.1, 0.15) is 380 Å². The van der Waals surface area contributed by atoms with Crippen molar-refractivity contribution in [2.45, 2.75) is 386 Å². The van der Waals surface area contributed by atoms with Crippen molar-refractivity contribution in [1.82, 2.24) is 0 Å². The maximum absolute atomic E-state index is 13.0. The van der Waals surface area contributed by atoms with Crippen molar-refractivity contribution in [3.05, 3.63) is 48.6 Å². The van der Waals surface area contributed by atoms with Crippen LogP contribution in [0.5, 0.6) is 0 Å². The van der Waals surface area contributed by atoms with E-state index in [1.54, 1.807) is 0 Å². The third kappa shape index (κ3) is 66.1. The van der Waals surface area contributed by atoms with Gasteiger partial charge in [0.25, 0.3) is 0 Å². The second-order valence-corrected chi connectivity index (χ2v) is 23.8. The minimum absolute atomic E-state index is 0.0721. The van der Waals surface area contributed by atoms with Gasteiger partial charge in [0.2, 0.25) is 0 Å². The van der Waals surface area contributed by atoms with Gasteiger partial charge in [0.1, 0.15) is 13.2 Å². The first kappa shape index (κ1) is 76.4. The lowest BCUT2D eigenvalue weighted by Crippen LogP contribution is -2.30. The van der Waals surface area contributed by atoms with Crippen LogP contribution in [-0.2, 0) is 28.6 Å². The molecule has 0 N–H and O–H groups in total. The van der Waals surface area contributed by atoms with Crippen LogP contribution in [0.3, 0.4) is 0 Å². The summed E-state index contributed by atoms with van der Waals surface area (Å²) in [7, 11) is 0. The molecule has 462 valence electrons. The van der Waals surface area contributed by atoms with Gasteiger partial charge in [-0.1, -0.05) is 307 Å². The highest BCUT2D eigenvalue weighted by Gasteiger charge is 2.19. The predicted molar refractivity (Wildman–Crippen MR) is 344 cm³/mol. The predicted octanol–water partition coefficient (Wildman–Crippen LogP) is 24.1. The number of ether oxygens (including phenoxy) is 3. The van der Waals surface area contributed by atoms with E-state index in [0.29, 0.717) is 19.3 Å². The van der Waals surface area contributed by atoms with E-state index in [4.69, 9.17) is 14.2 Å². The third-order valence-corrected chi connectivity index (χ3v) is 15.8. The molecule has 0 aliphatic heterocycles. The summed E-state index contributed by atoms with van der Waals surface area (Å²) in [5, 5.41) is 0. The molecule has 0 unspecified atom stereocenters. The number of carbonyl (C=O) groups is 3. The van der Waals surface area contributed by atoms with Crippen molar-refractivity contribution in [3.8, 4) is 0 Å². The zero-order valence-electron chi connectivity index (χ0n) is 53.2. The van der Waals surface area contributed by atoms with Gasteiger partial charge in [0, 0.05) is 19.3 Å². The van der Waals surface area contributed by atoms with Crippen LogP contribution in [0.25, 0.3) is 0 Å². The Morgan fingerprint density at radius 2 is 0.456 bits per heavy atom. The Bertz CT molecular complexity index is 1300. The molecule has 0 heterocycles. The van der Waals surface area contributed by atoms with Gasteiger partial charge >= 0.3 is 17.9 Å². The number of carbonyl (C=O) groups excluding carboxylic acids is 3. The SMILES string of the molecule is CCCCC/C=C\C/C=C\CCCCCCCCCCCC(=O)OC(COC(=O)CCCCCCCCCCCCC/C=C\CCCCCCCC)COC(=O)CCCCCCCCCCCCC/C=C\CCCCCCCC. The first-order valence-corrected chi connectivity index (χ1v) is 35.1. The second-order valence-electron chi connectivity index (χ2n) is 23.8. The number of unbranched alkanes of at least 4 members (excludes halogenated alkanes) is 46. The zero-order valence-corrected chi connectivity index (χ0v) is 53.2. The second kappa shape index (κ2) is 67.9. The highest BCUT2D eigenvalue weighted by molar-refractivity contribution is 5.71. The van der Waals surface area contributed by atoms with Crippen LogP contribution in [0.4, 0.5) is 0 Å². The number of rotatable bonds is 65. The van der Waals surface area contributed by atoms with E-state index < -0.39 is 6.10 Å². The molecular weight excluding hydrogens is 973 g/mol. The Labute approximate surface area is 492 Å². The van der Waals surface area contributed by atoms with E-state index in [0.717, 1.165) is 64.2 Å². The Kier molecular flexibility index (Phi) is 65.6. The lowest BCUT2D eigenvalue weighted by Gasteiger charge is -2.18. The van der Waals surface area contributed by atoms with E-state index >= 15 is 0 Å². The summed E-state index contributed by atoms with van der Waals surface area (Å²) in [6, 6.07) is 0. The van der Waals surface area contributed by atoms with Crippen LogP contribution in [-0.4, -0.2) is 37.2 Å². The number of esters is 3.